The molecule has 0 aromatic heterocycles. The van der Waals surface area contributed by atoms with Gasteiger partial charge in [-0.25, -0.2) is 0 Å². The fourth-order valence-corrected chi connectivity index (χ4v) is 11.1. The number of alkyl halides is 1. The van der Waals surface area contributed by atoms with Crippen molar-refractivity contribution < 1.29 is 15.6 Å². The fourth-order valence-electron chi connectivity index (χ4n) is 11.1. The molecule has 6 atom stereocenters. The Morgan fingerprint density at radius 1 is 0.471 bits per heavy atom. The molecule has 6 aliphatic carbocycles. The molecule has 68 heavy (non-hydrogen) atoms. The van der Waals surface area contributed by atoms with Crippen LogP contribution in [0.5, 0.6) is 0 Å². The van der Waals surface area contributed by atoms with Gasteiger partial charge in [-0.3, -0.25) is 0 Å². The molecule has 0 aliphatic heterocycles. The number of terminal acetylenes is 2. The lowest BCUT2D eigenvalue weighted by Gasteiger charge is -2.25. The van der Waals surface area contributed by atoms with Crippen LogP contribution in [0.1, 0.15) is 119 Å². The quantitative estimate of drug-likeness (QED) is 0.112. The molecule has 0 N–H and O–H groups in total. The van der Waals surface area contributed by atoms with Gasteiger partial charge in [0.25, 0.3) is 0 Å². The lowest BCUT2D eigenvalue weighted by Crippen LogP contribution is -2.23. The average molecular weight is 952 g/mol. The van der Waals surface area contributed by atoms with Crippen molar-refractivity contribution >= 4 is 49.4 Å². The summed E-state index contributed by atoms with van der Waals surface area (Å²) in [6.45, 7) is 4.54. The topological polar surface area (TPSA) is 27.7 Å². The van der Waals surface area contributed by atoms with Crippen LogP contribution in [-0.2, 0) is 19.8 Å². The van der Waals surface area contributed by atoms with E-state index in [0.717, 1.165) is 16.7 Å². The van der Waals surface area contributed by atoms with Gasteiger partial charge in [0.2, 0.25) is 0 Å². The lowest BCUT2D eigenvalue weighted by atomic mass is 9.92. The number of benzene rings is 6. The van der Waals surface area contributed by atoms with Crippen LogP contribution in [0, 0.1) is 24.7 Å². The van der Waals surface area contributed by atoms with Crippen LogP contribution in [0.2, 0.25) is 0 Å². The molecule has 0 fully saturated rings. The summed E-state index contributed by atoms with van der Waals surface area (Å²) in [4.78, 5) is 0. The highest BCUT2D eigenvalue weighted by atomic mass is 79.9. The van der Waals surface area contributed by atoms with Crippen molar-refractivity contribution in [1.29, 1.82) is 0 Å². The first kappa shape index (κ1) is 45.0. The number of hydrogen-bond acceptors (Lipinski definition) is 3. The minimum absolute atomic E-state index is 0. The number of ether oxygens (including phenoxy) is 3. The molecule has 6 aliphatic rings. The summed E-state index contributed by atoms with van der Waals surface area (Å²) in [5.41, 5.74) is 22.1. The molecule has 6 unspecified atom stereocenters. The van der Waals surface area contributed by atoms with Gasteiger partial charge in [-0.2, -0.15) is 0 Å². The van der Waals surface area contributed by atoms with Gasteiger partial charge >= 0.3 is 0 Å². The summed E-state index contributed by atoms with van der Waals surface area (Å²) in [5, 5.41) is 0.660. The SMILES string of the molecule is C#CCBr.C#CCC1(OC)C=C(C2=CC(OC3C=C(C4=CC(C)c5ccccc54)c4ccccc43)c3ccccc32)c2ccccc21.COC1C=C(C2=CC(C)c3ccccc32)c2ccccc21.[HH]. The van der Waals surface area contributed by atoms with Crippen molar-refractivity contribution in [3.8, 4) is 24.7 Å². The molecule has 0 radical (unpaired) electrons. The number of allylic oxidation sites excluding steroid dienone is 8. The average Bonchev–Trinajstić information content (AvgIpc) is 4.24. The lowest BCUT2D eigenvalue weighted by molar-refractivity contribution is 0.0363. The van der Waals surface area contributed by atoms with E-state index in [1.165, 1.54) is 83.5 Å². The highest BCUT2D eigenvalue weighted by molar-refractivity contribution is 9.09. The monoisotopic (exact) mass is 950 g/mol. The summed E-state index contributed by atoms with van der Waals surface area (Å²) >= 11 is 3.01. The van der Waals surface area contributed by atoms with Gasteiger partial charge in [-0.1, -0.05) is 193 Å². The molecule has 0 saturated carbocycles. The van der Waals surface area contributed by atoms with Gasteiger partial charge in [0.05, 0.1) is 5.33 Å². The zero-order valence-electron chi connectivity index (χ0n) is 38.9. The van der Waals surface area contributed by atoms with Gasteiger partial charge in [0.15, 0.2) is 0 Å². The first-order valence-corrected chi connectivity index (χ1v) is 24.5. The summed E-state index contributed by atoms with van der Waals surface area (Å²) in [5.74, 6) is 6.07. The highest BCUT2D eigenvalue weighted by Gasteiger charge is 2.41. The first-order chi connectivity index (χ1) is 33.3. The molecule has 0 bridgehead atoms. The fraction of sp³-hybridized carbons (Fsp3) is 0.188. The second kappa shape index (κ2) is 19.1. The number of methoxy groups -OCH3 is 2. The Kier molecular flexibility index (Phi) is 12.6. The standard InChI is InChI=1S/C41H32O2.C20H18O.C3H3Br.H2/c1-4-21-41(42-3)25-37(31-17-11-12-20-38(31)41)36-24-40(33-19-10-8-16-30(33)36)43-39-23-35(29-15-7-9-18-32(29)39)34-22-26(2)27-13-5-6-14-28(27)34;1-13-11-18(15-8-4-3-7-14(13)15)19-12-20(21-2)17-10-6-5-9-16(17)19;1-2-3-4;/h1,5-20,22-26,39-40H,21H2,2-3H3;3-13,20H,1-2H3;1H,3H2;1H. The Hall–Kier alpha value is -6.76. The number of rotatable bonds is 8. The Morgan fingerprint density at radius 3 is 1.25 bits per heavy atom. The predicted molar refractivity (Wildman–Crippen MR) is 287 cm³/mol. The second-order valence-electron chi connectivity index (χ2n) is 18.0. The first-order valence-electron chi connectivity index (χ1n) is 23.4. The van der Waals surface area contributed by atoms with Gasteiger partial charge < -0.3 is 14.2 Å². The second-order valence-corrected chi connectivity index (χ2v) is 18.5. The molecule has 3 nitrogen and oxygen atoms in total. The Morgan fingerprint density at radius 2 is 0.824 bits per heavy atom. The van der Waals surface area contributed by atoms with Crippen LogP contribution >= 0.6 is 15.9 Å². The van der Waals surface area contributed by atoms with E-state index in [1.54, 1.807) is 14.2 Å². The van der Waals surface area contributed by atoms with Gasteiger partial charge in [-0.05, 0) is 125 Å². The van der Waals surface area contributed by atoms with Crippen LogP contribution in [0.3, 0.4) is 0 Å². The molecule has 0 saturated heterocycles. The molecule has 336 valence electrons. The maximum atomic E-state index is 7.06. The Labute approximate surface area is 411 Å². The molecule has 0 spiro atoms. The largest absolute Gasteiger partial charge is 0.373 e. The molecule has 6 aromatic rings. The van der Waals surface area contributed by atoms with Crippen molar-refractivity contribution in [2.75, 3.05) is 19.5 Å². The van der Waals surface area contributed by atoms with E-state index < -0.39 is 5.60 Å². The number of halogens is 1. The van der Waals surface area contributed by atoms with E-state index in [0.29, 0.717) is 23.6 Å². The zero-order valence-corrected chi connectivity index (χ0v) is 40.5. The van der Waals surface area contributed by atoms with E-state index in [4.69, 9.17) is 27.1 Å². The van der Waals surface area contributed by atoms with Gasteiger partial charge in [0, 0.05) is 33.9 Å². The Bertz CT molecular complexity index is 3240. The number of hydrogen-bond donors (Lipinski definition) is 0. The van der Waals surface area contributed by atoms with Crippen molar-refractivity contribution in [1.82, 2.24) is 0 Å². The summed E-state index contributed by atoms with van der Waals surface area (Å²) < 4.78 is 18.8. The number of fused-ring (bicyclic) bond motifs is 6. The minimum atomic E-state index is -0.639. The van der Waals surface area contributed by atoms with Gasteiger partial charge in [0.1, 0.15) is 23.9 Å². The molecule has 12 rings (SSSR count). The van der Waals surface area contributed by atoms with E-state index in [1.807, 2.05) is 0 Å². The minimum Gasteiger partial charge on any atom is -0.373 e. The summed E-state index contributed by atoms with van der Waals surface area (Å²) in [6, 6.07) is 51.8. The normalized spacial score (nSPS) is 22.6. The van der Waals surface area contributed by atoms with E-state index in [2.05, 4.69) is 224 Å². The van der Waals surface area contributed by atoms with E-state index in [-0.39, 0.29) is 19.7 Å². The van der Waals surface area contributed by atoms with Gasteiger partial charge in [-0.15, -0.1) is 18.8 Å². The zero-order chi connectivity index (χ0) is 46.9. The molecular weight excluding hydrogens is 897 g/mol. The van der Waals surface area contributed by atoms with E-state index in [9.17, 15) is 0 Å². The molecule has 6 aromatic carbocycles. The van der Waals surface area contributed by atoms with Crippen LogP contribution in [0.15, 0.2) is 182 Å². The van der Waals surface area contributed by atoms with Crippen molar-refractivity contribution in [3.05, 3.63) is 249 Å². The van der Waals surface area contributed by atoms with E-state index >= 15 is 0 Å². The third-order valence-electron chi connectivity index (χ3n) is 14.2. The van der Waals surface area contributed by atoms with Crippen LogP contribution in [0.25, 0.3) is 33.4 Å². The van der Waals surface area contributed by atoms with Crippen molar-refractivity contribution in [2.45, 2.75) is 56.0 Å². The third kappa shape index (κ3) is 7.83. The maximum absolute atomic E-state index is 7.06. The third-order valence-corrected chi connectivity index (χ3v) is 14.5. The van der Waals surface area contributed by atoms with Crippen LogP contribution < -0.4 is 0 Å². The molecule has 4 heteroatoms. The Balaban J connectivity index is 0.000000190. The molecule has 0 amide bonds. The maximum Gasteiger partial charge on any atom is 0.123 e. The van der Waals surface area contributed by atoms with Crippen LogP contribution in [-0.4, -0.2) is 19.5 Å². The van der Waals surface area contributed by atoms with Crippen molar-refractivity contribution in [3.63, 3.8) is 0 Å². The molecule has 0 heterocycles. The highest BCUT2D eigenvalue weighted by Crippen LogP contribution is 2.55. The smallest absolute Gasteiger partial charge is 0.123 e. The predicted octanol–water partition coefficient (Wildman–Crippen LogP) is 15.7. The summed E-state index contributed by atoms with van der Waals surface area (Å²) in [6.07, 6.45) is 24.6. The van der Waals surface area contributed by atoms with Crippen LogP contribution in [0.4, 0.5) is 0 Å². The van der Waals surface area contributed by atoms with Crippen molar-refractivity contribution in [2.24, 2.45) is 0 Å². The summed E-state index contributed by atoms with van der Waals surface area (Å²) in [7, 11) is 3.53. The molecular formula is C64H55BrO3.